The van der Waals surface area contributed by atoms with Crippen LogP contribution >= 0.6 is 0 Å². The van der Waals surface area contributed by atoms with Crippen LogP contribution < -0.4 is 16.0 Å². The normalized spacial score (nSPS) is 11.4. The third-order valence-corrected chi connectivity index (χ3v) is 4.10. The summed E-state index contributed by atoms with van der Waals surface area (Å²) >= 11 is 0. The summed E-state index contributed by atoms with van der Waals surface area (Å²) in [5, 5.41) is 9.35. The average Bonchev–Trinajstić information content (AvgIpc) is 2.67. The molecule has 6 heteroatoms. The predicted molar refractivity (Wildman–Crippen MR) is 113 cm³/mol. The van der Waals surface area contributed by atoms with Gasteiger partial charge < -0.3 is 16.0 Å². The molecule has 0 bridgehead atoms. The van der Waals surface area contributed by atoms with Crippen LogP contribution in [-0.4, -0.2) is 25.0 Å². The number of benzene rings is 2. The van der Waals surface area contributed by atoms with Crippen LogP contribution in [-0.2, 0) is 17.8 Å². The molecule has 0 aromatic heterocycles. The van der Waals surface area contributed by atoms with E-state index in [4.69, 9.17) is 0 Å². The number of aliphatic imine (C=N–C) groups is 1. The number of anilines is 1. The predicted octanol–water partition coefficient (Wildman–Crippen LogP) is 3.72. The summed E-state index contributed by atoms with van der Waals surface area (Å²) in [7, 11) is 0. The van der Waals surface area contributed by atoms with Crippen molar-refractivity contribution in [3.63, 3.8) is 0 Å². The van der Waals surface area contributed by atoms with E-state index in [1.54, 1.807) is 12.1 Å². The van der Waals surface area contributed by atoms with E-state index in [1.807, 2.05) is 51.1 Å². The fourth-order valence-electron chi connectivity index (χ4n) is 2.51. The van der Waals surface area contributed by atoms with Gasteiger partial charge in [0.15, 0.2) is 5.96 Å². The van der Waals surface area contributed by atoms with Gasteiger partial charge in [0.2, 0.25) is 5.91 Å². The number of nitrogens with zero attached hydrogens (tertiary/aromatic N) is 1. The lowest BCUT2D eigenvalue weighted by molar-refractivity contribution is -0.118. The molecule has 150 valence electrons. The average molecular weight is 384 g/mol. The zero-order valence-corrected chi connectivity index (χ0v) is 16.8. The van der Waals surface area contributed by atoms with Crippen LogP contribution in [0.2, 0.25) is 0 Å². The first kappa shape index (κ1) is 21.4. The second-order valence-corrected chi connectivity index (χ2v) is 6.84. The van der Waals surface area contributed by atoms with Gasteiger partial charge >= 0.3 is 0 Å². The highest BCUT2D eigenvalue weighted by molar-refractivity contribution is 5.92. The molecule has 2 rings (SSSR count). The van der Waals surface area contributed by atoms with Crippen LogP contribution in [0.15, 0.2) is 53.5 Å². The van der Waals surface area contributed by atoms with Gasteiger partial charge in [0.25, 0.3) is 0 Å². The monoisotopic (exact) mass is 384 g/mol. The first-order chi connectivity index (χ1) is 13.5. The molecule has 0 heterocycles. The van der Waals surface area contributed by atoms with Crippen molar-refractivity contribution in [2.45, 2.75) is 33.7 Å². The molecule has 0 aliphatic heterocycles. The molecule has 0 radical (unpaired) electrons. The van der Waals surface area contributed by atoms with Gasteiger partial charge in [0, 0.05) is 24.7 Å². The first-order valence-electron chi connectivity index (χ1n) is 9.64. The number of guanidine groups is 1. The van der Waals surface area contributed by atoms with E-state index in [0.29, 0.717) is 19.5 Å². The van der Waals surface area contributed by atoms with E-state index in [0.717, 1.165) is 29.3 Å². The fraction of sp³-hybridized carbons (Fsp3) is 0.364. The second-order valence-electron chi connectivity index (χ2n) is 6.84. The minimum Gasteiger partial charge on any atom is -0.357 e. The Morgan fingerprint density at radius 3 is 2.46 bits per heavy atom. The molecule has 28 heavy (non-hydrogen) atoms. The van der Waals surface area contributed by atoms with Gasteiger partial charge in [0.1, 0.15) is 5.82 Å². The minimum absolute atomic E-state index is 0.00250. The van der Waals surface area contributed by atoms with E-state index in [-0.39, 0.29) is 17.6 Å². The molecule has 0 aliphatic rings. The molecule has 0 unspecified atom stereocenters. The van der Waals surface area contributed by atoms with E-state index in [2.05, 4.69) is 20.9 Å². The van der Waals surface area contributed by atoms with Gasteiger partial charge in [-0.05, 0) is 48.7 Å². The number of nitrogens with one attached hydrogen (secondary N) is 3. The van der Waals surface area contributed by atoms with Gasteiger partial charge in [-0.25, -0.2) is 9.38 Å². The Morgan fingerprint density at radius 2 is 1.82 bits per heavy atom. The Bertz CT molecular complexity index is 787. The van der Waals surface area contributed by atoms with Gasteiger partial charge in [-0.1, -0.05) is 38.1 Å². The summed E-state index contributed by atoms with van der Waals surface area (Å²) in [5.41, 5.74) is 2.78. The van der Waals surface area contributed by atoms with Crippen molar-refractivity contribution in [3.05, 3.63) is 65.5 Å². The summed E-state index contributed by atoms with van der Waals surface area (Å²) in [6.45, 7) is 7.68. The van der Waals surface area contributed by atoms with E-state index in [9.17, 15) is 9.18 Å². The van der Waals surface area contributed by atoms with Crippen molar-refractivity contribution < 1.29 is 9.18 Å². The quantitative estimate of drug-likeness (QED) is 0.480. The molecule has 0 aliphatic carbocycles. The van der Waals surface area contributed by atoms with E-state index < -0.39 is 0 Å². The van der Waals surface area contributed by atoms with Crippen LogP contribution in [0.5, 0.6) is 0 Å². The Hall–Kier alpha value is -2.89. The van der Waals surface area contributed by atoms with Crippen molar-refractivity contribution >= 4 is 17.6 Å². The molecular formula is C22H29FN4O. The van der Waals surface area contributed by atoms with Crippen molar-refractivity contribution in [3.8, 4) is 0 Å². The molecule has 5 nitrogen and oxygen atoms in total. The number of hydrogen-bond donors (Lipinski definition) is 3. The van der Waals surface area contributed by atoms with Crippen LogP contribution in [0.4, 0.5) is 10.1 Å². The molecule has 3 N–H and O–H groups in total. The summed E-state index contributed by atoms with van der Waals surface area (Å²) in [4.78, 5) is 16.3. The molecule has 2 aromatic carbocycles. The van der Waals surface area contributed by atoms with Crippen molar-refractivity contribution in [2.75, 3.05) is 18.4 Å². The lowest BCUT2D eigenvalue weighted by Crippen LogP contribution is -2.38. The molecule has 0 saturated carbocycles. The smallest absolute Gasteiger partial charge is 0.226 e. The number of halogens is 1. The van der Waals surface area contributed by atoms with Crippen LogP contribution in [0.3, 0.4) is 0 Å². The lowest BCUT2D eigenvalue weighted by atomic mass is 10.1. The van der Waals surface area contributed by atoms with Crippen LogP contribution in [0.1, 0.15) is 31.9 Å². The summed E-state index contributed by atoms with van der Waals surface area (Å²) in [5.74, 6) is 0.454. The number of hydrogen-bond acceptors (Lipinski definition) is 2. The number of rotatable bonds is 8. The highest BCUT2D eigenvalue weighted by Gasteiger charge is 2.06. The molecule has 0 atom stereocenters. The summed E-state index contributed by atoms with van der Waals surface area (Å²) in [6, 6.07) is 14.3. The number of carbonyl (C=O) groups excluding carboxylic acids is 1. The Labute approximate surface area is 166 Å². The maximum absolute atomic E-state index is 13.2. The number of amides is 1. The maximum atomic E-state index is 13.2. The minimum atomic E-state index is -0.217. The third kappa shape index (κ3) is 7.39. The Kier molecular flexibility index (Phi) is 8.46. The van der Waals surface area contributed by atoms with Gasteiger partial charge in [-0.2, -0.15) is 0 Å². The summed E-state index contributed by atoms with van der Waals surface area (Å²) < 4.78 is 13.2. The zero-order valence-electron chi connectivity index (χ0n) is 16.8. The van der Waals surface area contributed by atoms with E-state index in [1.165, 1.54) is 6.07 Å². The highest BCUT2D eigenvalue weighted by Crippen LogP contribution is 2.11. The number of carbonyl (C=O) groups is 1. The Morgan fingerprint density at radius 1 is 1.07 bits per heavy atom. The fourth-order valence-corrected chi connectivity index (χ4v) is 2.51. The van der Waals surface area contributed by atoms with E-state index >= 15 is 0 Å². The molecule has 2 aromatic rings. The van der Waals surface area contributed by atoms with Gasteiger partial charge in [-0.3, -0.25) is 4.79 Å². The molecule has 0 fully saturated rings. The molecule has 0 spiro atoms. The summed E-state index contributed by atoms with van der Waals surface area (Å²) in [6.07, 6.45) is 0.715. The molecular weight excluding hydrogens is 355 g/mol. The highest BCUT2D eigenvalue weighted by atomic mass is 19.1. The zero-order chi connectivity index (χ0) is 20.4. The molecule has 0 saturated heterocycles. The largest absolute Gasteiger partial charge is 0.357 e. The Balaban J connectivity index is 1.88. The van der Waals surface area contributed by atoms with Crippen LogP contribution in [0.25, 0.3) is 0 Å². The first-order valence-corrected chi connectivity index (χ1v) is 9.64. The SMILES string of the molecule is CCNC(=NCc1ccc(NC(=O)C(C)C)cc1)NCCc1cccc(F)c1. The standard InChI is InChI=1S/C22H29FN4O/c1-4-24-22(25-13-12-17-6-5-7-19(23)14-17)26-15-18-8-10-20(11-9-18)27-21(28)16(2)3/h5-11,14,16H,4,12-13,15H2,1-3H3,(H,27,28)(H2,24,25,26). The topological polar surface area (TPSA) is 65.5 Å². The van der Waals surface area contributed by atoms with Crippen LogP contribution in [0, 0.1) is 11.7 Å². The van der Waals surface area contributed by atoms with Crippen molar-refractivity contribution in [1.29, 1.82) is 0 Å². The molecule has 1 amide bonds. The maximum Gasteiger partial charge on any atom is 0.226 e. The van der Waals surface area contributed by atoms with Crippen molar-refractivity contribution in [1.82, 2.24) is 10.6 Å². The van der Waals surface area contributed by atoms with Crippen molar-refractivity contribution in [2.24, 2.45) is 10.9 Å². The van der Waals surface area contributed by atoms with Gasteiger partial charge in [0.05, 0.1) is 6.54 Å². The van der Waals surface area contributed by atoms with Gasteiger partial charge in [-0.15, -0.1) is 0 Å². The third-order valence-electron chi connectivity index (χ3n) is 4.10. The lowest BCUT2D eigenvalue weighted by Gasteiger charge is -2.12. The second kappa shape index (κ2) is 11.1.